The highest BCUT2D eigenvalue weighted by Gasteiger charge is 2.35. The number of nitrogens with zero attached hydrogens (tertiary/aromatic N) is 3. The van der Waals surface area contributed by atoms with Crippen molar-refractivity contribution < 1.29 is 16.3 Å². The molecular formula is C10H13N5O4. The lowest BCUT2D eigenvalue weighted by atomic mass is 10.2. The van der Waals surface area contributed by atoms with Gasteiger partial charge in [0.1, 0.15) is 12.3 Å². The third-order valence-corrected chi connectivity index (χ3v) is 2.96. The number of anilines is 1. The van der Waals surface area contributed by atoms with Gasteiger partial charge < -0.3 is 20.7 Å². The molecule has 0 amide bonds. The number of nitrogens with one attached hydrogen (secondary N) is 1. The molecule has 1 aliphatic rings. The van der Waals surface area contributed by atoms with E-state index in [-0.39, 0.29) is 17.1 Å². The Morgan fingerprint density at radius 3 is 3.21 bits per heavy atom. The first-order chi connectivity index (χ1) is 9.52. The fraction of sp³-hybridized carbons (Fsp3) is 0.500. The van der Waals surface area contributed by atoms with Gasteiger partial charge in [0, 0.05) is 7.77 Å². The molecular weight excluding hydrogens is 254 g/mol. The van der Waals surface area contributed by atoms with Gasteiger partial charge in [0.25, 0.3) is 5.56 Å². The van der Waals surface area contributed by atoms with Crippen LogP contribution in [0.3, 0.4) is 0 Å². The molecule has 0 aliphatic carbocycles. The number of rotatable bonds is 2. The molecule has 0 bridgehead atoms. The van der Waals surface area contributed by atoms with E-state index in [1.165, 1.54) is 10.9 Å². The summed E-state index contributed by atoms with van der Waals surface area (Å²) in [6.07, 6.45) is -2.64. The Morgan fingerprint density at radius 2 is 2.53 bits per heavy atom. The third-order valence-electron chi connectivity index (χ3n) is 2.96. The van der Waals surface area contributed by atoms with Gasteiger partial charge in [0.05, 0.1) is 19.0 Å². The van der Waals surface area contributed by atoms with Crippen LogP contribution in [0.2, 0.25) is 0 Å². The maximum Gasteiger partial charge on any atom is 0.280 e. The molecule has 0 saturated carbocycles. The Bertz CT molecular complexity index is 701. The molecule has 0 aromatic carbocycles. The predicted molar refractivity (Wildman–Crippen MR) is 64.2 cm³/mol. The van der Waals surface area contributed by atoms with E-state index < -0.39 is 37.0 Å². The molecule has 9 nitrogen and oxygen atoms in total. The second-order valence-electron chi connectivity index (χ2n) is 4.21. The number of hydrogen-bond donors (Lipinski definition) is 4. The summed E-state index contributed by atoms with van der Waals surface area (Å²) in [5, 5.41) is 18.9. The first-order valence-electron chi connectivity index (χ1n) is 6.19. The van der Waals surface area contributed by atoms with E-state index in [0.717, 1.165) is 0 Å². The van der Waals surface area contributed by atoms with Gasteiger partial charge in [-0.1, -0.05) is 0 Å². The lowest BCUT2D eigenvalue weighted by Gasteiger charge is -2.13. The Morgan fingerprint density at radius 1 is 1.74 bits per heavy atom. The van der Waals surface area contributed by atoms with Crippen molar-refractivity contribution in [2.75, 3.05) is 12.3 Å². The minimum atomic E-state index is -1.14. The van der Waals surface area contributed by atoms with Gasteiger partial charge in [-0.15, -0.1) is 0 Å². The van der Waals surface area contributed by atoms with Crippen LogP contribution >= 0.6 is 0 Å². The summed E-state index contributed by atoms with van der Waals surface area (Å²) in [7, 11) is 0. The number of aliphatic hydroxyl groups excluding tert-OH is 2. The van der Waals surface area contributed by atoms with E-state index in [1.807, 2.05) is 0 Å². The topological polar surface area (TPSA) is 139 Å². The van der Waals surface area contributed by atoms with E-state index in [0.29, 0.717) is 0 Å². The summed E-state index contributed by atoms with van der Waals surface area (Å²) in [6, 6.07) is 0. The van der Waals surface area contributed by atoms with Crippen LogP contribution in [0.1, 0.15) is 14.0 Å². The summed E-state index contributed by atoms with van der Waals surface area (Å²) in [5.74, 6) is -0.0805. The van der Waals surface area contributed by atoms with Gasteiger partial charge in [-0.25, -0.2) is 4.98 Å². The molecule has 0 radical (unpaired) electrons. The van der Waals surface area contributed by atoms with Crippen molar-refractivity contribution in [1.29, 1.82) is 0 Å². The van der Waals surface area contributed by atoms with E-state index in [4.69, 9.17) is 16.9 Å². The van der Waals surface area contributed by atoms with Crippen LogP contribution < -0.4 is 11.3 Å². The Balaban J connectivity index is 2.09. The first-order valence-corrected chi connectivity index (χ1v) is 5.62. The molecule has 4 atom stereocenters. The van der Waals surface area contributed by atoms with Crippen molar-refractivity contribution in [3.05, 3.63) is 16.7 Å². The van der Waals surface area contributed by atoms with Gasteiger partial charge in [-0.05, 0) is 0 Å². The second kappa shape index (κ2) is 4.30. The van der Waals surface area contributed by atoms with Gasteiger partial charge in [-0.2, -0.15) is 4.98 Å². The molecule has 1 aliphatic heterocycles. The number of aliphatic hydroxyl groups is 2. The summed E-state index contributed by atoms with van der Waals surface area (Å²) in [5.41, 5.74) is 5.22. The maximum absolute atomic E-state index is 11.7. The van der Waals surface area contributed by atoms with Gasteiger partial charge >= 0.3 is 0 Å². The molecule has 3 rings (SSSR count). The molecule has 0 spiro atoms. The second-order valence-corrected chi connectivity index (χ2v) is 4.21. The van der Waals surface area contributed by atoms with Crippen LogP contribution in [-0.2, 0) is 4.74 Å². The Hall–Kier alpha value is -1.97. The van der Waals surface area contributed by atoms with Crippen molar-refractivity contribution in [3.63, 3.8) is 0 Å². The number of hydrogen-bond acceptors (Lipinski definition) is 7. The lowest BCUT2D eigenvalue weighted by molar-refractivity contribution is -0.0432. The molecule has 0 unspecified atom stereocenters. The largest absolute Gasteiger partial charge is 0.394 e. The van der Waals surface area contributed by atoms with E-state index in [1.54, 1.807) is 0 Å². The zero-order valence-electron chi connectivity index (χ0n) is 10.7. The third kappa shape index (κ3) is 1.87. The smallest absolute Gasteiger partial charge is 0.280 e. The van der Waals surface area contributed by atoms with Crippen LogP contribution in [0.4, 0.5) is 5.95 Å². The monoisotopic (exact) mass is 268 g/mol. The minimum Gasteiger partial charge on any atom is -0.394 e. The number of H-pyrrole nitrogens is 1. The van der Waals surface area contributed by atoms with Crippen LogP contribution in [0.15, 0.2) is 11.1 Å². The number of aromatic amines is 1. The van der Waals surface area contributed by atoms with Gasteiger partial charge in [0.15, 0.2) is 11.2 Å². The molecule has 102 valence electrons. The van der Waals surface area contributed by atoms with E-state index >= 15 is 0 Å². The van der Waals surface area contributed by atoms with Crippen LogP contribution in [-0.4, -0.2) is 48.5 Å². The van der Waals surface area contributed by atoms with Crippen molar-refractivity contribution in [2.45, 2.75) is 24.8 Å². The number of fused-ring (bicyclic) bond motifs is 1. The molecule has 5 N–H and O–H groups in total. The van der Waals surface area contributed by atoms with Crippen LogP contribution in [0.25, 0.3) is 11.2 Å². The summed E-state index contributed by atoms with van der Waals surface area (Å²) in [6.45, 7) is -0.407. The predicted octanol–water partition coefficient (Wildman–Crippen LogP) is -1.66. The van der Waals surface area contributed by atoms with Crippen LogP contribution in [0.5, 0.6) is 0 Å². The van der Waals surface area contributed by atoms with Crippen molar-refractivity contribution in [2.24, 2.45) is 0 Å². The zero-order valence-corrected chi connectivity index (χ0v) is 9.72. The average molecular weight is 268 g/mol. The standard InChI is InChI=1S/C10H13N5O4/c11-10-13-8-7(9(18)14-10)12-3-15(8)6-1-4(17)5(2-16)19-6/h3-6,16-17H,1-2H2,(H3,11,13,14,18)/t4-,5+,6+/m0/s1/i1D/t1-,4-,5+,6+. The Kier molecular flexibility index (Phi) is 2.47. The highest BCUT2D eigenvalue weighted by molar-refractivity contribution is 5.70. The van der Waals surface area contributed by atoms with Crippen LogP contribution in [0, 0.1) is 0 Å². The average Bonchev–Trinajstić information content (AvgIpc) is 2.93. The molecule has 2 aromatic heterocycles. The Labute approximate surface area is 108 Å². The summed E-state index contributed by atoms with van der Waals surface area (Å²) >= 11 is 0. The number of aromatic nitrogens is 4. The highest BCUT2D eigenvalue weighted by Crippen LogP contribution is 2.30. The molecule has 1 saturated heterocycles. The van der Waals surface area contributed by atoms with E-state index in [2.05, 4.69) is 15.0 Å². The quantitative estimate of drug-likeness (QED) is 0.511. The highest BCUT2D eigenvalue weighted by atomic mass is 16.5. The van der Waals surface area contributed by atoms with Crippen molar-refractivity contribution in [3.8, 4) is 0 Å². The summed E-state index contributed by atoms with van der Waals surface area (Å²) < 4.78 is 14.7. The summed E-state index contributed by atoms with van der Waals surface area (Å²) in [4.78, 5) is 21.9. The fourth-order valence-electron chi connectivity index (χ4n) is 2.04. The van der Waals surface area contributed by atoms with Crippen molar-refractivity contribution in [1.82, 2.24) is 19.5 Å². The normalized spacial score (nSPS) is 31.8. The molecule has 9 heteroatoms. The number of nitrogen functional groups attached to an aromatic ring is 1. The number of ether oxygens (including phenoxy) is 1. The van der Waals surface area contributed by atoms with E-state index in [9.17, 15) is 9.90 Å². The lowest BCUT2D eigenvalue weighted by Crippen LogP contribution is -2.24. The van der Waals surface area contributed by atoms with Gasteiger partial charge in [0.2, 0.25) is 5.95 Å². The number of nitrogens with two attached hydrogens (primary N) is 1. The number of imidazole rings is 1. The molecule has 2 aromatic rings. The SMILES string of the molecule is [2H][C@H]1[C@H](O)[C@@H](CO)O[C@H]1n1cnc2c(=O)[nH]c(N)nc21. The van der Waals surface area contributed by atoms with Gasteiger partial charge in [-0.3, -0.25) is 14.3 Å². The molecule has 3 heterocycles. The van der Waals surface area contributed by atoms with Crippen molar-refractivity contribution >= 4 is 17.1 Å². The fourth-order valence-corrected chi connectivity index (χ4v) is 2.04. The molecule has 19 heavy (non-hydrogen) atoms. The maximum atomic E-state index is 11.7. The minimum absolute atomic E-state index is 0.0666. The molecule has 1 fully saturated rings. The zero-order chi connectivity index (χ0) is 14.4. The first kappa shape index (κ1) is 10.9.